The van der Waals surface area contributed by atoms with E-state index < -0.39 is 0 Å². The van der Waals surface area contributed by atoms with Crippen LogP contribution in [-0.2, 0) is 0 Å². The van der Waals surface area contributed by atoms with Gasteiger partial charge in [-0.15, -0.1) is 0 Å². The van der Waals surface area contributed by atoms with Gasteiger partial charge in [0.25, 0.3) is 0 Å². The average molecular weight is 333 g/mol. The van der Waals surface area contributed by atoms with Gasteiger partial charge < -0.3 is 24.7 Å². The molecule has 0 radical (unpaired) electrons. The van der Waals surface area contributed by atoms with Gasteiger partial charge in [0.15, 0.2) is 0 Å². The van der Waals surface area contributed by atoms with Crippen molar-refractivity contribution in [1.82, 2.24) is 0 Å². The molecule has 0 saturated carbocycles. The molecule has 0 aliphatic rings. The molecule has 0 bridgehead atoms. The maximum Gasteiger partial charge on any atom is 0.133 e. The summed E-state index contributed by atoms with van der Waals surface area (Å²) in [5.41, 5.74) is 6.37. The first kappa shape index (κ1) is 16.9. The van der Waals surface area contributed by atoms with Crippen molar-refractivity contribution < 1.29 is 18.9 Å². The largest absolute Gasteiger partial charge is 0.497 e. The number of ether oxygens (including phenoxy) is 4. The standard InChI is InChI=1S/C17H19NO4S/c1-19-12-4-3-5-14(10-12)21-8-9-22-16-11-13(20-2)6-7-15(16)17(18)23/h3-7,10-11H,8-9H2,1-2H3,(H2,18,23). The van der Waals surface area contributed by atoms with Crippen LogP contribution in [0.4, 0.5) is 0 Å². The molecular formula is C17H19NO4S. The third kappa shape index (κ3) is 4.75. The molecule has 0 spiro atoms. The van der Waals surface area contributed by atoms with Gasteiger partial charge in [-0.2, -0.15) is 0 Å². The molecule has 6 heteroatoms. The van der Waals surface area contributed by atoms with Crippen LogP contribution in [0.2, 0.25) is 0 Å². The molecular weight excluding hydrogens is 314 g/mol. The fraction of sp³-hybridized carbons (Fsp3) is 0.235. The monoisotopic (exact) mass is 333 g/mol. The minimum absolute atomic E-state index is 0.274. The van der Waals surface area contributed by atoms with E-state index in [1.165, 1.54) is 0 Å². The van der Waals surface area contributed by atoms with Crippen LogP contribution in [0.5, 0.6) is 23.0 Å². The van der Waals surface area contributed by atoms with E-state index in [9.17, 15) is 0 Å². The van der Waals surface area contributed by atoms with Gasteiger partial charge in [-0.1, -0.05) is 18.3 Å². The van der Waals surface area contributed by atoms with E-state index in [0.717, 1.165) is 5.75 Å². The topological polar surface area (TPSA) is 62.9 Å². The van der Waals surface area contributed by atoms with Crippen LogP contribution in [0.25, 0.3) is 0 Å². The Bertz CT molecular complexity index is 675. The Balaban J connectivity index is 1.94. The molecule has 2 aromatic rings. The first-order valence-electron chi connectivity index (χ1n) is 7.01. The Morgan fingerprint density at radius 3 is 2.26 bits per heavy atom. The summed E-state index contributed by atoms with van der Waals surface area (Å²) in [6, 6.07) is 12.7. The van der Waals surface area contributed by atoms with Crippen molar-refractivity contribution in [1.29, 1.82) is 0 Å². The lowest BCUT2D eigenvalue weighted by Gasteiger charge is -2.13. The summed E-state index contributed by atoms with van der Waals surface area (Å²) in [7, 11) is 3.20. The van der Waals surface area contributed by atoms with E-state index >= 15 is 0 Å². The molecule has 5 nitrogen and oxygen atoms in total. The van der Waals surface area contributed by atoms with Gasteiger partial charge in [-0.05, 0) is 24.3 Å². The number of rotatable bonds is 8. The van der Waals surface area contributed by atoms with Crippen molar-refractivity contribution in [3.8, 4) is 23.0 Å². The zero-order valence-corrected chi connectivity index (χ0v) is 13.9. The summed E-state index contributed by atoms with van der Waals surface area (Å²) in [5, 5.41) is 0. The number of hydrogen-bond acceptors (Lipinski definition) is 5. The molecule has 0 fully saturated rings. The number of benzene rings is 2. The van der Waals surface area contributed by atoms with Crippen LogP contribution in [0, 0.1) is 0 Å². The minimum Gasteiger partial charge on any atom is -0.497 e. The number of thiocarbonyl (C=S) groups is 1. The summed E-state index contributed by atoms with van der Waals surface area (Å²) in [6.07, 6.45) is 0. The van der Waals surface area contributed by atoms with Gasteiger partial charge in [-0.3, -0.25) is 0 Å². The van der Waals surface area contributed by atoms with Gasteiger partial charge >= 0.3 is 0 Å². The maximum atomic E-state index is 5.72. The molecule has 2 aromatic carbocycles. The van der Waals surface area contributed by atoms with E-state index in [-0.39, 0.29) is 4.99 Å². The minimum atomic E-state index is 0.274. The zero-order chi connectivity index (χ0) is 16.7. The zero-order valence-electron chi connectivity index (χ0n) is 13.1. The predicted molar refractivity (Wildman–Crippen MR) is 92.9 cm³/mol. The number of hydrogen-bond donors (Lipinski definition) is 1. The number of nitrogens with two attached hydrogens (primary N) is 1. The van der Waals surface area contributed by atoms with Crippen LogP contribution < -0.4 is 24.7 Å². The van der Waals surface area contributed by atoms with E-state index in [2.05, 4.69) is 0 Å². The predicted octanol–water partition coefficient (Wildman–Crippen LogP) is 2.80. The fourth-order valence-electron chi connectivity index (χ4n) is 1.95. The molecule has 122 valence electrons. The average Bonchev–Trinajstić information content (AvgIpc) is 2.58. The summed E-state index contributed by atoms with van der Waals surface area (Å²) in [4.78, 5) is 0.274. The van der Waals surface area contributed by atoms with Crippen molar-refractivity contribution in [2.24, 2.45) is 5.73 Å². The van der Waals surface area contributed by atoms with Crippen LogP contribution in [0.15, 0.2) is 42.5 Å². The summed E-state index contributed by atoms with van der Waals surface area (Å²) < 4.78 is 21.7. The molecule has 0 unspecified atom stereocenters. The molecule has 2 N–H and O–H groups in total. The molecule has 2 rings (SSSR count). The third-order valence-electron chi connectivity index (χ3n) is 3.11. The highest BCUT2D eigenvalue weighted by Gasteiger charge is 2.08. The van der Waals surface area contributed by atoms with E-state index in [4.69, 9.17) is 36.9 Å². The fourth-order valence-corrected chi connectivity index (χ4v) is 2.12. The molecule has 0 atom stereocenters. The Morgan fingerprint density at radius 1 is 0.913 bits per heavy atom. The van der Waals surface area contributed by atoms with Crippen molar-refractivity contribution in [3.63, 3.8) is 0 Å². The second-order valence-electron chi connectivity index (χ2n) is 4.60. The molecule has 0 aliphatic heterocycles. The van der Waals surface area contributed by atoms with E-state index in [1.54, 1.807) is 32.4 Å². The smallest absolute Gasteiger partial charge is 0.133 e. The van der Waals surface area contributed by atoms with Crippen LogP contribution in [0.1, 0.15) is 5.56 Å². The van der Waals surface area contributed by atoms with Crippen molar-refractivity contribution >= 4 is 17.2 Å². The first-order valence-corrected chi connectivity index (χ1v) is 7.42. The maximum absolute atomic E-state index is 5.72. The molecule has 0 heterocycles. The lowest BCUT2D eigenvalue weighted by Crippen LogP contribution is -2.14. The molecule has 0 aliphatic carbocycles. The Morgan fingerprint density at radius 2 is 1.57 bits per heavy atom. The lowest BCUT2D eigenvalue weighted by molar-refractivity contribution is 0.216. The van der Waals surface area contributed by atoms with Gasteiger partial charge in [0.05, 0.1) is 19.8 Å². The summed E-state index contributed by atoms with van der Waals surface area (Å²) >= 11 is 5.02. The van der Waals surface area contributed by atoms with Crippen molar-refractivity contribution in [2.75, 3.05) is 27.4 Å². The van der Waals surface area contributed by atoms with E-state index in [0.29, 0.717) is 36.0 Å². The van der Waals surface area contributed by atoms with E-state index in [1.807, 2.05) is 24.3 Å². The normalized spacial score (nSPS) is 10.0. The van der Waals surface area contributed by atoms with Crippen molar-refractivity contribution in [2.45, 2.75) is 0 Å². The third-order valence-corrected chi connectivity index (χ3v) is 3.32. The van der Waals surface area contributed by atoms with Gasteiger partial charge in [-0.25, -0.2) is 0 Å². The Kier molecular flexibility index (Phi) is 6.05. The van der Waals surface area contributed by atoms with Crippen LogP contribution in [-0.4, -0.2) is 32.4 Å². The van der Waals surface area contributed by atoms with Crippen molar-refractivity contribution in [3.05, 3.63) is 48.0 Å². The molecule has 0 saturated heterocycles. The second kappa shape index (κ2) is 8.24. The van der Waals surface area contributed by atoms with Crippen LogP contribution >= 0.6 is 12.2 Å². The summed E-state index contributed by atoms with van der Waals surface area (Å²) in [6.45, 7) is 0.723. The Hall–Kier alpha value is -2.47. The highest BCUT2D eigenvalue weighted by molar-refractivity contribution is 7.80. The molecule has 23 heavy (non-hydrogen) atoms. The highest BCUT2D eigenvalue weighted by Crippen LogP contribution is 2.25. The quantitative estimate of drug-likeness (QED) is 0.592. The van der Waals surface area contributed by atoms with Crippen LogP contribution in [0.3, 0.4) is 0 Å². The lowest BCUT2D eigenvalue weighted by atomic mass is 10.2. The Labute approximate surface area is 140 Å². The molecule has 0 aromatic heterocycles. The first-order chi connectivity index (χ1) is 11.1. The highest BCUT2D eigenvalue weighted by atomic mass is 32.1. The summed E-state index contributed by atoms with van der Waals surface area (Å²) in [5.74, 6) is 2.71. The molecule has 0 amide bonds. The number of methoxy groups -OCH3 is 2. The van der Waals surface area contributed by atoms with Gasteiger partial charge in [0.1, 0.15) is 41.2 Å². The van der Waals surface area contributed by atoms with Gasteiger partial charge in [0, 0.05) is 12.1 Å². The second-order valence-corrected chi connectivity index (χ2v) is 5.04. The SMILES string of the molecule is COc1cccc(OCCOc2cc(OC)ccc2C(N)=S)c1. The van der Waals surface area contributed by atoms with Gasteiger partial charge in [0.2, 0.25) is 0 Å².